The van der Waals surface area contributed by atoms with Crippen molar-refractivity contribution in [3.05, 3.63) is 22.1 Å². The van der Waals surface area contributed by atoms with Gasteiger partial charge in [0.15, 0.2) is 0 Å². The Morgan fingerprint density at radius 3 is 2.86 bits per heavy atom. The summed E-state index contributed by atoms with van der Waals surface area (Å²) in [6.45, 7) is 3.82. The number of thioether (sulfide) groups is 2. The molecular weight excluding hydrogens is 328 g/mol. The van der Waals surface area contributed by atoms with Crippen LogP contribution >= 0.6 is 35.7 Å². The SMILES string of the molecule is CCN1C(=O)/C(=C\C=C2\SCCN2CCC(=O)O)SC1=S. The summed E-state index contributed by atoms with van der Waals surface area (Å²) in [7, 11) is 0. The number of aliphatic carboxylic acids is 1. The highest BCUT2D eigenvalue weighted by Gasteiger charge is 2.30. The van der Waals surface area contributed by atoms with Crippen LogP contribution in [-0.4, -0.2) is 56.5 Å². The van der Waals surface area contributed by atoms with Gasteiger partial charge in [-0.2, -0.15) is 0 Å². The summed E-state index contributed by atoms with van der Waals surface area (Å²) in [6, 6.07) is 0. The number of likely N-dealkylation sites (N-methyl/N-ethyl adjacent to an activating group) is 1. The summed E-state index contributed by atoms with van der Waals surface area (Å²) in [5.41, 5.74) is 0. The molecule has 2 aliphatic heterocycles. The zero-order valence-electron chi connectivity index (χ0n) is 11.6. The fraction of sp³-hybridized carbons (Fsp3) is 0.462. The first-order valence-corrected chi connectivity index (χ1v) is 8.79. The van der Waals surface area contributed by atoms with Gasteiger partial charge in [-0.3, -0.25) is 14.5 Å². The molecular formula is C13H16N2O3S3. The highest BCUT2D eigenvalue weighted by atomic mass is 32.2. The summed E-state index contributed by atoms with van der Waals surface area (Å²) in [5.74, 6) is 0.0920. The zero-order chi connectivity index (χ0) is 15.4. The Kier molecular flexibility index (Phi) is 5.72. The first-order valence-electron chi connectivity index (χ1n) is 6.58. The largest absolute Gasteiger partial charge is 0.481 e. The minimum absolute atomic E-state index is 0.0515. The molecule has 0 unspecified atom stereocenters. The summed E-state index contributed by atoms with van der Waals surface area (Å²) < 4.78 is 0.592. The molecule has 0 radical (unpaired) electrons. The summed E-state index contributed by atoms with van der Waals surface area (Å²) in [5, 5.41) is 9.76. The molecule has 0 aliphatic carbocycles. The molecule has 1 amide bonds. The number of hydrogen-bond acceptors (Lipinski definition) is 6. The number of amides is 1. The van der Waals surface area contributed by atoms with Crippen LogP contribution < -0.4 is 0 Å². The molecule has 0 atom stereocenters. The van der Waals surface area contributed by atoms with Gasteiger partial charge < -0.3 is 10.0 Å². The molecule has 0 aromatic rings. The van der Waals surface area contributed by atoms with E-state index in [1.807, 2.05) is 17.9 Å². The van der Waals surface area contributed by atoms with E-state index >= 15 is 0 Å². The quantitative estimate of drug-likeness (QED) is 0.605. The summed E-state index contributed by atoms with van der Waals surface area (Å²) in [4.78, 5) is 27.0. The molecule has 8 heteroatoms. The molecule has 0 bridgehead atoms. The van der Waals surface area contributed by atoms with Gasteiger partial charge >= 0.3 is 5.97 Å². The van der Waals surface area contributed by atoms with Crippen LogP contribution in [0.3, 0.4) is 0 Å². The van der Waals surface area contributed by atoms with Crippen molar-refractivity contribution in [3.8, 4) is 0 Å². The number of carboxylic acids is 1. The van der Waals surface area contributed by atoms with Crippen LogP contribution in [-0.2, 0) is 9.59 Å². The summed E-state index contributed by atoms with van der Waals surface area (Å²) >= 11 is 8.15. The minimum Gasteiger partial charge on any atom is -0.481 e. The number of hydrogen-bond donors (Lipinski definition) is 1. The van der Waals surface area contributed by atoms with Gasteiger partial charge in [0.2, 0.25) is 0 Å². The topological polar surface area (TPSA) is 60.9 Å². The molecule has 2 aliphatic rings. The lowest BCUT2D eigenvalue weighted by Crippen LogP contribution is -2.27. The van der Waals surface area contributed by atoms with Gasteiger partial charge in [-0.05, 0) is 19.1 Å². The second-order valence-electron chi connectivity index (χ2n) is 4.43. The van der Waals surface area contributed by atoms with Crippen LogP contribution in [0.5, 0.6) is 0 Å². The van der Waals surface area contributed by atoms with Gasteiger partial charge in [-0.25, -0.2) is 0 Å². The molecule has 0 aromatic carbocycles. The molecule has 0 aromatic heterocycles. The van der Waals surface area contributed by atoms with Gasteiger partial charge in [0.05, 0.1) is 16.4 Å². The van der Waals surface area contributed by atoms with Crippen LogP contribution in [0.15, 0.2) is 22.1 Å². The number of nitrogens with zero attached hydrogens (tertiary/aromatic N) is 2. The van der Waals surface area contributed by atoms with Crippen molar-refractivity contribution in [2.24, 2.45) is 0 Å². The first-order chi connectivity index (χ1) is 10.0. The highest BCUT2D eigenvalue weighted by Crippen LogP contribution is 2.32. The Hall–Kier alpha value is -0.990. The minimum atomic E-state index is -0.796. The van der Waals surface area contributed by atoms with Crippen molar-refractivity contribution < 1.29 is 14.7 Å². The van der Waals surface area contributed by atoms with E-state index in [4.69, 9.17) is 17.3 Å². The highest BCUT2D eigenvalue weighted by molar-refractivity contribution is 8.26. The molecule has 2 saturated heterocycles. The average molecular weight is 344 g/mol. The third-order valence-electron chi connectivity index (χ3n) is 3.09. The van der Waals surface area contributed by atoms with E-state index in [0.717, 1.165) is 17.3 Å². The van der Waals surface area contributed by atoms with Crippen molar-refractivity contribution in [2.75, 3.05) is 25.4 Å². The van der Waals surface area contributed by atoms with Crippen molar-refractivity contribution in [1.82, 2.24) is 9.80 Å². The lowest BCUT2D eigenvalue weighted by molar-refractivity contribution is -0.137. The fourth-order valence-electron chi connectivity index (χ4n) is 2.00. The third-order valence-corrected chi connectivity index (χ3v) is 5.56. The molecule has 1 N–H and O–H groups in total. The fourth-order valence-corrected chi connectivity index (χ4v) is 4.38. The molecule has 114 valence electrons. The monoisotopic (exact) mass is 344 g/mol. The van der Waals surface area contributed by atoms with Gasteiger partial charge in [0.1, 0.15) is 4.32 Å². The van der Waals surface area contributed by atoms with E-state index in [0.29, 0.717) is 22.3 Å². The maximum Gasteiger partial charge on any atom is 0.305 e. The van der Waals surface area contributed by atoms with E-state index in [-0.39, 0.29) is 12.3 Å². The molecule has 5 nitrogen and oxygen atoms in total. The van der Waals surface area contributed by atoms with Gasteiger partial charge in [0.25, 0.3) is 5.91 Å². The van der Waals surface area contributed by atoms with Gasteiger partial charge in [0, 0.05) is 25.4 Å². The number of carboxylic acid groups (broad SMARTS) is 1. The number of allylic oxidation sites excluding steroid dienone is 2. The maximum absolute atomic E-state index is 12.1. The Balaban J connectivity index is 2.05. The van der Waals surface area contributed by atoms with Crippen molar-refractivity contribution in [3.63, 3.8) is 0 Å². The maximum atomic E-state index is 12.1. The van der Waals surface area contributed by atoms with Gasteiger partial charge in [-0.1, -0.05) is 24.0 Å². The molecule has 0 spiro atoms. The number of rotatable bonds is 5. The van der Waals surface area contributed by atoms with Gasteiger partial charge in [-0.15, -0.1) is 11.8 Å². The second-order valence-corrected chi connectivity index (χ2v) is 7.22. The predicted molar refractivity (Wildman–Crippen MR) is 90.0 cm³/mol. The number of carbonyl (C=O) groups excluding carboxylic acids is 1. The predicted octanol–water partition coefficient (Wildman–Crippen LogP) is 2.12. The van der Waals surface area contributed by atoms with Crippen LogP contribution in [0.25, 0.3) is 0 Å². The lowest BCUT2D eigenvalue weighted by Gasteiger charge is -2.17. The third kappa shape index (κ3) is 4.02. The number of thiocarbonyl (C=S) groups is 1. The van der Waals surface area contributed by atoms with Crippen molar-refractivity contribution in [2.45, 2.75) is 13.3 Å². The van der Waals surface area contributed by atoms with E-state index in [2.05, 4.69) is 0 Å². The normalized spacial score (nSPS) is 22.9. The lowest BCUT2D eigenvalue weighted by atomic mass is 10.3. The Bertz CT molecular complexity index is 531. The summed E-state index contributed by atoms with van der Waals surface area (Å²) in [6.07, 6.45) is 3.80. The van der Waals surface area contributed by atoms with Crippen molar-refractivity contribution in [1.29, 1.82) is 0 Å². The molecule has 2 rings (SSSR count). The number of carbonyl (C=O) groups is 2. The van der Waals surface area contributed by atoms with Crippen molar-refractivity contribution >= 4 is 51.9 Å². The van der Waals surface area contributed by atoms with Crippen LogP contribution in [0.2, 0.25) is 0 Å². The van der Waals surface area contributed by atoms with E-state index in [1.54, 1.807) is 22.7 Å². The standard InChI is InChI=1S/C13H16N2O3S3/c1-2-15-12(18)9(21-13(15)19)3-4-10-14(7-8-20-10)6-5-11(16)17/h3-4H,2,5-8H2,1H3,(H,16,17)/b9-3+,10-4+. The Morgan fingerprint density at radius 2 is 2.24 bits per heavy atom. The smallest absolute Gasteiger partial charge is 0.305 e. The molecule has 2 fully saturated rings. The van der Waals surface area contributed by atoms with Crippen LogP contribution in [0.4, 0.5) is 0 Å². The molecule has 0 saturated carbocycles. The average Bonchev–Trinajstić information content (AvgIpc) is 2.98. The van der Waals surface area contributed by atoms with E-state index < -0.39 is 5.97 Å². The van der Waals surface area contributed by atoms with E-state index in [1.165, 1.54) is 11.8 Å². The van der Waals surface area contributed by atoms with Crippen LogP contribution in [0, 0.1) is 0 Å². The Morgan fingerprint density at radius 1 is 1.48 bits per heavy atom. The Labute approximate surface area is 137 Å². The second kappa shape index (κ2) is 7.33. The molecule has 21 heavy (non-hydrogen) atoms. The molecule has 2 heterocycles. The van der Waals surface area contributed by atoms with E-state index in [9.17, 15) is 9.59 Å². The zero-order valence-corrected chi connectivity index (χ0v) is 14.0. The van der Waals surface area contributed by atoms with Crippen LogP contribution in [0.1, 0.15) is 13.3 Å². The first kappa shape index (κ1) is 16.4.